The van der Waals surface area contributed by atoms with Gasteiger partial charge in [-0.3, -0.25) is 0 Å². The van der Waals surface area contributed by atoms with Crippen LogP contribution in [0.15, 0.2) is 42.7 Å². The van der Waals surface area contributed by atoms with Crippen LogP contribution in [0.1, 0.15) is 27.2 Å². The summed E-state index contributed by atoms with van der Waals surface area (Å²) >= 11 is 0. The quantitative estimate of drug-likeness (QED) is 0.830. The fourth-order valence-corrected chi connectivity index (χ4v) is 3.78. The summed E-state index contributed by atoms with van der Waals surface area (Å²) in [5, 5.41) is 0. The lowest BCUT2D eigenvalue weighted by molar-refractivity contribution is 0.0215. The maximum Gasteiger partial charge on any atom is 0.410 e. The normalized spacial score (nSPS) is 22.0. The van der Waals surface area contributed by atoms with E-state index in [0.29, 0.717) is 6.04 Å². The maximum atomic E-state index is 12.4. The summed E-state index contributed by atoms with van der Waals surface area (Å²) in [6.07, 6.45) is 4.31. The molecule has 1 aromatic heterocycles. The van der Waals surface area contributed by atoms with Gasteiger partial charge in [-0.05, 0) is 57.5 Å². The molecule has 26 heavy (non-hydrogen) atoms. The number of fused-ring (bicyclic) bond motifs is 2. The molecule has 6 heteroatoms. The molecule has 2 aromatic rings. The van der Waals surface area contributed by atoms with Crippen molar-refractivity contribution < 1.29 is 9.53 Å². The number of anilines is 1. The summed E-state index contributed by atoms with van der Waals surface area (Å²) in [6.45, 7) is 7.30. The van der Waals surface area contributed by atoms with Crippen molar-refractivity contribution in [2.45, 2.75) is 44.9 Å². The highest BCUT2D eigenvalue weighted by atomic mass is 16.6. The van der Waals surface area contributed by atoms with Crippen molar-refractivity contribution in [3.8, 4) is 11.4 Å². The van der Waals surface area contributed by atoms with E-state index in [1.165, 1.54) is 5.69 Å². The number of benzene rings is 1. The van der Waals surface area contributed by atoms with Crippen LogP contribution < -0.4 is 4.90 Å². The zero-order valence-corrected chi connectivity index (χ0v) is 15.4. The molecule has 2 saturated heterocycles. The fraction of sp³-hybridized carbons (Fsp3) is 0.450. The molecule has 0 radical (unpaired) electrons. The Hall–Kier alpha value is -2.63. The van der Waals surface area contributed by atoms with E-state index in [-0.39, 0.29) is 12.1 Å². The number of amides is 1. The van der Waals surface area contributed by atoms with Gasteiger partial charge in [-0.15, -0.1) is 0 Å². The van der Waals surface area contributed by atoms with Gasteiger partial charge in [0.1, 0.15) is 5.60 Å². The number of carbonyl (C=O) groups is 1. The van der Waals surface area contributed by atoms with Gasteiger partial charge < -0.3 is 14.5 Å². The average Bonchev–Trinajstić information content (AvgIpc) is 3.22. The van der Waals surface area contributed by atoms with Crippen LogP contribution in [0.2, 0.25) is 0 Å². The third kappa shape index (κ3) is 3.23. The van der Waals surface area contributed by atoms with E-state index in [1.807, 2.05) is 31.7 Å². The standard InChI is InChI=1S/C20H24N4O2/c1-20(2,3)26-19(25)24-13-16-11-17(24)12-23(16)15-7-5-14(6-8-15)18-21-9-4-10-22-18/h4-10,16-17H,11-13H2,1-3H3/t16-,17-/m1/s1. The first kappa shape index (κ1) is 16.8. The Balaban J connectivity index is 1.43. The van der Waals surface area contributed by atoms with Gasteiger partial charge in [-0.2, -0.15) is 0 Å². The van der Waals surface area contributed by atoms with Gasteiger partial charge in [0.05, 0.1) is 6.04 Å². The second-order valence-electron chi connectivity index (χ2n) is 7.95. The summed E-state index contributed by atoms with van der Waals surface area (Å²) in [4.78, 5) is 25.2. The van der Waals surface area contributed by atoms with Crippen LogP contribution in [0.25, 0.3) is 11.4 Å². The predicted octanol–water partition coefficient (Wildman–Crippen LogP) is 3.34. The van der Waals surface area contributed by atoms with E-state index in [0.717, 1.165) is 30.9 Å². The van der Waals surface area contributed by atoms with Crippen molar-refractivity contribution in [1.29, 1.82) is 0 Å². The molecule has 2 bridgehead atoms. The number of piperazine rings is 1. The zero-order chi connectivity index (χ0) is 18.3. The molecule has 4 rings (SSSR count). The molecule has 2 fully saturated rings. The Morgan fingerprint density at radius 3 is 2.35 bits per heavy atom. The molecular weight excluding hydrogens is 328 g/mol. The molecule has 0 saturated carbocycles. The molecular formula is C20H24N4O2. The first-order valence-corrected chi connectivity index (χ1v) is 9.04. The number of rotatable bonds is 2. The van der Waals surface area contributed by atoms with E-state index in [2.05, 4.69) is 39.1 Å². The van der Waals surface area contributed by atoms with E-state index in [1.54, 1.807) is 12.4 Å². The highest BCUT2D eigenvalue weighted by molar-refractivity contribution is 5.70. The summed E-state index contributed by atoms with van der Waals surface area (Å²) in [5.41, 5.74) is 1.74. The molecule has 0 unspecified atom stereocenters. The molecule has 6 nitrogen and oxygen atoms in total. The van der Waals surface area contributed by atoms with Crippen LogP contribution in [-0.4, -0.2) is 51.7 Å². The topological polar surface area (TPSA) is 58.6 Å². The number of nitrogens with zero attached hydrogens (tertiary/aromatic N) is 4. The molecule has 1 aromatic carbocycles. The first-order chi connectivity index (χ1) is 12.4. The average molecular weight is 352 g/mol. The number of hydrogen-bond donors (Lipinski definition) is 0. The van der Waals surface area contributed by atoms with Gasteiger partial charge in [0.2, 0.25) is 0 Å². The predicted molar refractivity (Wildman–Crippen MR) is 99.9 cm³/mol. The Kier molecular flexibility index (Phi) is 4.05. The Bertz CT molecular complexity index is 786. The van der Waals surface area contributed by atoms with E-state index < -0.39 is 5.60 Å². The largest absolute Gasteiger partial charge is 0.444 e. The van der Waals surface area contributed by atoms with E-state index >= 15 is 0 Å². The lowest BCUT2D eigenvalue weighted by Crippen LogP contribution is -2.50. The highest BCUT2D eigenvalue weighted by Gasteiger charge is 2.46. The molecule has 2 aliphatic rings. The number of aromatic nitrogens is 2. The van der Waals surface area contributed by atoms with Crippen molar-refractivity contribution in [3.05, 3.63) is 42.7 Å². The monoisotopic (exact) mass is 352 g/mol. The van der Waals surface area contributed by atoms with Gasteiger partial charge in [-0.25, -0.2) is 14.8 Å². The second-order valence-corrected chi connectivity index (χ2v) is 7.95. The summed E-state index contributed by atoms with van der Waals surface area (Å²) < 4.78 is 5.53. The SMILES string of the molecule is CC(C)(C)OC(=O)N1C[C@H]2C[C@@H]1CN2c1ccc(-c2ncccn2)cc1. The molecule has 2 atom stereocenters. The molecule has 0 spiro atoms. The highest BCUT2D eigenvalue weighted by Crippen LogP contribution is 2.35. The molecule has 1 amide bonds. The molecule has 0 aliphatic carbocycles. The Morgan fingerprint density at radius 1 is 1.08 bits per heavy atom. The van der Waals surface area contributed by atoms with Crippen LogP contribution in [-0.2, 0) is 4.74 Å². The van der Waals surface area contributed by atoms with Gasteiger partial charge in [0.15, 0.2) is 5.82 Å². The van der Waals surface area contributed by atoms with Crippen LogP contribution in [0.3, 0.4) is 0 Å². The summed E-state index contributed by atoms with van der Waals surface area (Å²) in [7, 11) is 0. The Morgan fingerprint density at radius 2 is 1.77 bits per heavy atom. The van der Waals surface area contributed by atoms with E-state index in [4.69, 9.17) is 4.74 Å². The van der Waals surface area contributed by atoms with E-state index in [9.17, 15) is 4.79 Å². The maximum absolute atomic E-state index is 12.4. The van der Waals surface area contributed by atoms with Crippen LogP contribution in [0.5, 0.6) is 0 Å². The third-order valence-electron chi connectivity index (χ3n) is 4.89. The van der Waals surface area contributed by atoms with Crippen molar-refractivity contribution in [2.75, 3.05) is 18.0 Å². The van der Waals surface area contributed by atoms with Gasteiger partial charge in [-0.1, -0.05) is 0 Å². The lowest BCUT2D eigenvalue weighted by Gasteiger charge is -2.36. The lowest BCUT2D eigenvalue weighted by atomic mass is 10.1. The minimum absolute atomic E-state index is 0.193. The molecule has 2 aliphatic heterocycles. The molecule has 3 heterocycles. The number of likely N-dealkylation sites (tertiary alicyclic amines) is 1. The van der Waals surface area contributed by atoms with Gasteiger partial charge in [0, 0.05) is 42.8 Å². The minimum atomic E-state index is -0.450. The van der Waals surface area contributed by atoms with Crippen molar-refractivity contribution in [3.63, 3.8) is 0 Å². The smallest absolute Gasteiger partial charge is 0.410 e. The minimum Gasteiger partial charge on any atom is -0.444 e. The summed E-state index contributed by atoms with van der Waals surface area (Å²) in [5.74, 6) is 0.734. The third-order valence-corrected chi connectivity index (χ3v) is 4.89. The Labute approximate surface area is 153 Å². The fourth-order valence-electron chi connectivity index (χ4n) is 3.78. The molecule has 0 N–H and O–H groups in total. The molecule has 136 valence electrons. The number of ether oxygens (including phenoxy) is 1. The van der Waals surface area contributed by atoms with Gasteiger partial charge in [0.25, 0.3) is 0 Å². The van der Waals surface area contributed by atoms with Gasteiger partial charge >= 0.3 is 6.09 Å². The number of carbonyl (C=O) groups excluding carboxylic acids is 1. The van der Waals surface area contributed by atoms with Crippen LogP contribution >= 0.6 is 0 Å². The van der Waals surface area contributed by atoms with Crippen LogP contribution in [0, 0.1) is 0 Å². The number of hydrogen-bond acceptors (Lipinski definition) is 5. The van der Waals surface area contributed by atoms with Crippen molar-refractivity contribution >= 4 is 11.8 Å². The first-order valence-electron chi connectivity index (χ1n) is 9.04. The second kappa shape index (κ2) is 6.27. The van der Waals surface area contributed by atoms with Crippen molar-refractivity contribution in [2.24, 2.45) is 0 Å². The summed E-state index contributed by atoms with van der Waals surface area (Å²) in [6, 6.07) is 10.7. The zero-order valence-electron chi connectivity index (χ0n) is 15.4. The van der Waals surface area contributed by atoms with Crippen LogP contribution in [0.4, 0.5) is 10.5 Å². The van der Waals surface area contributed by atoms with Crippen molar-refractivity contribution in [1.82, 2.24) is 14.9 Å².